The third-order valence-corrected chi connectivity index (χ3v) is 2.99. The summed E-state index contributed by atoms with van der Waals surface area (Å²) in [5.41, 5.74) is 6.16. The molecule has 2 N–H and O–H groups in total. The molecule has 1 aliphatic rings. The number of ether oxygens (including phenoxy) is 1. The molecule has 1 aromatic rings. The van der Waals surface area contributed by atoms with Crippen molar-refractivity contribution in [3.8, 4) is 0 Å². The molecule has 5 nitrogen and oxygen atoms in total. The molecular weight excluding hydrogens is 192 g/mol. The van der Waals surface area contributed by atoms with Crippen LogP contribution in [0.3, 0.4) is 0 Å². The van der Waals surface area contributed by atoms with Gasteiger partial charge in [0.05, 0.1) is 0 Å². The van der Waals surface area contributed by atoms with E-state index >= 15 is 0 Å². The second-order valence-electron chi connectivity index (χ2n) is 4.14. The number of hydrogen-bond donors (Lipinski definition) is 1. The smallest absolute Gasteiger partial charge is 0.138 e. The maximum atomic E-state index is 6.31. The van der Waals surface area contributed by atoms with Crippen LogP contribution in [0.4, 0.5) is 0 Å². The topological polar surface area (TPSA) is 66.0 Å². The van der Waals surface area contributed by atoms with Crippen LogP contribution < -0.4 is 5.73 Å². The normalized spacial score (nSPS) is 20.4. The van der Waals surface area contributed by atoms with E-state index in [0.29, 0.717) is 0 Å². The molecule has 0 aliphatic carbocycles. The molecule has 2 rings (SSSR count). The lowest BCUT2D eigenvalue weighted by Gasteiger charge is -2.32. The quantitative estimate of drug-likeness (QED) is 0.781. The Morgan fingerprint density at radius 3 is 2.93 bits per heavy atom. The van der Waals surface area contributed by atoms with Gasteiger partial charge in [-0.2, -0.15) is 5.10 Å². The maximum absolute atomic E-state index is 6.31. The molecule has 0 radical (unpaired) electrons. The summed E-state index contributed by atoms with van der Waals surface area (Å²) in [5, 5.41) is 4.15. The molecule has 1 saturated heterocycles. The van der Waals surface area contributed by atoms with E-state index in [0.717, 1.165) is 44.8 Å². The van der Waals surface area contributed by atoms with E-state index in [-0.39, 0.29) is 5.54 Å². The number of nitrogens with two attached hydrogens (primary N) is 1. The molecular formula is C10H18N4O. The maximum Gasteiger partial charge on any atom is 0.138 e. The van der Waals surface area contributed by atoms with Crippen molar-refractivity contribution in [2.24, 2.45) is 5.73 Å². The van der Waals surface area contributed by atoms with Gasteiger partial charge in [-0.05, 0) is 19.8 Å². The highest BCUT2D eigenvalue weighted by Crippen LogP contribution is 2.21. The van der Waals surface area contributed by atoms with E-state index in [1.54, 1.807) is 6.33 Å². The molecule has 0 bridgehead atoms. The van der Waals surface area contributed by atoms with Crippen LogP contribution in [-0.4, -0.2) is 33.5 Å². The fourth-order valence-electron chi connectivity index (χ4n) is 1.96. The summed E-state index contributed by atoms with van der Waals surface area (Å²) in [6.45, 7) is 4.43. The van der Waals surface area contributed by atoms with Gasteiger partial charge in [-0.15, -0.1) is 0 Å². The van der Waals surface area contributed by atoms with E-state index in [4.69, 9.17) is 10.5 Å². The Balaban J connectivity index is 2.06. The Kier molecular flexibility index (Phi) is 3.02. The van der Waals surface area contributed by atoms with E-state index in [9.17, 15) is 0 Å². The average Bonchev–Trinajstić information content (AvgIpc) is 2.65. The van der Waals surface area contributed by atoms with Crippen LogP contribution in [0.2, 0.25) is 0 Å². The predicted molar refractivity (Wildman–Crippen MR) is 56.4 cm³/mol. The number of nitrogens with zero attached hydrogens (tertiary/aromatic N) is 3. The van der Waals surface area contributed by atoms with Crippen LogP contribution in [-0.2, 0) is 17.7 Å². The summed E-state index contributed by atoms with van der Waals surface area (Å²) in [4.78, 5) is 4.26. The molecule has 1 aliphatic heterocycles. The van der Waals surface area contributed by atoms with Gasteiger partial charge in [0.1, 0.15) is 12.2 Å². The van der Waals surface area contributed by atoms with E-state index in [2.05, 4.69) is 17.0 Å². The van der Waals surface area contributed by atoms with Crippen molar-refractivity contribution in [1.29, 1.82) is 0 Å². The van der Waals surface area contributed by atoms with Gasteiger partial charge in [0.2, 0.25) is 0 Å². The first kappa shape index (κ1) is 10.6. The lowest BCUT2D eigenvalue weighted by molar-refractivity contribution is 0.0523. The van der Waals surface area contributed by atoms with Crippen LogP contribution in [0.25, 0.3) is 0 Å². The minimum Gasteiger partial charge on any atom is -0.381 e. The third-order valence-electron chi connectivity index (χ3n) is 2.99. The number of rotatable bonds is 3. The largest absolute Gasteiger partial charge is 0.381 e. The summed E-state index contributed by atoms with van der Waals surface area (Å²) >= 11 is 0. The highest BCUT2D eigenvalue weighted by atomic mass is 16.5. The standard InChI is InChI=1S/C10H18N4O/c1-2-14-9(12-8-13-14)7-10(11)3-5-15-6-4-10/h8H,2-7,11H2,1H3. The molecule has 0 unspecified atom stereocenters. The van der Waals surface area contributed by atoms with Crippen molar-refractivity contribution in [2.45, 2.75) is 38.3 Å². The Hall–Kier alpha value is -0.940. The zero-order valence-corrected chi connectivity index (χ0v) is 9.15. The molecule has 15 heavy (non-hydrogen) atoms. The van der Waals surface area contributed by atoms with Crippen LogP contribution in [0.5, 0.6) is 0 Å². The number of aromatic nitrogens is 3. The van der Waals surface area contributed by atoms with Crippen LogP contribution in [0.15, 0.2) is 6.33 Å². The van der Waals surface area contributed by atoms with E-state index < -0.39 is 0 Å². The van der Waals surface area contributed by atoms with Gasteiger partial charge in [0.25, 0.3) is 0 Å². The molecule has 1 fully saturated rings. The van der Waals surface area contributed by atoms with Gasteiger partial charge < -0.3 is 10.5 Å². The molecule has 0 atom stereocenters. The number of aryl methyl sites for hydroxylation is 1. The molecule has 0 amide bonds. The van der Waals surface area contributed by atoms with Gasteiger partial charge in [-0.25, -0.2) is 4.98 Å². The Morgan fingerprint density at radius 2 is 2.27 bits per heavy atom. The van der Waals surface area contributed by atoms with Crippen molar-refractivity contribution < 1.29 is 4.74 Å². The summed E-state index contributed by atoms with van der Waals surface area (Å²) in [6.07, 6.45) is 4.21. The SMILES string of the molecule is CCn1ncnc1CC1(N)CCOCC1. The first-order valence-electron chi connectivity index (χ1n) is 5.47. The Morgan fingerprint density at radius 1 is 1.53 bits per heavy atom. The second-order valence-corrected chi connectivity index (χ2v) is 4.14. The summed E-state index contributed by atoms with van der Waals surface area (Å²) < 4.78 is 7.22. The van der Waals surface area contributed by atoms with Crippen LogP contribution >= 0.6 is 0 Å². The zero-order chi connectivity index (χ0) is 10.7. The monoisotopic (exact) mass is 210 g/mol. The zero-order valence-electron chi connectivity index (χ0n) is 9.15. The van der Waals surface area contributed by atoms with Crippen molar-refractivity contribution in [3.63, 3.8) is 0 Å². The summed E-state index contributed by atoms with van der Waals surface area (Å²) in [6, 6.07) is 0. The molecule has 1 aromatic heterocycles. The molecule has 0 aromatic carbocycles. The summed E-state index contributed by atoms with van der Waals surface area (Å²) in [5.74, 6) is 0.988. The third kappa shape index (κ3) is 2.35. The van der Waals surface area contributed by atoms with Gasteiger partial charge in [0, 0.05) is 31.7 Å². The molecule has 5 heteroatoms. The number of hydrogen-bond acceptors (Lipinski definition) is 4. The predicted octanol–water partition coefficient (Wildman–Crippen LogP) is 0.348. The molecule has 2 heterocycles. The van der Waals surface area contributed by atoms with E-state index in [1.807, 2.05) is 4.68 Å². The highest BCUT2D eigenvalue weighted by Gasteiger charge is 2.29. The van der Waals surface area contributed by atoms with Crippen LogP contribution in [0.1, 0.15) is 25.6 Å². The first-order chi connectivity index (χ1) is 7.23. The van der Waals surface area contributed by atoms with Gasteiger partial charge in [-0.3, -0.25) is 4.68 Å². The van der Waals surface area contributed by atoms with Crippen molar-refractivity contribution in [3.05, 3.63) is 12.2 Å². The summed E-state index contributed by atoms with van der Waals surface area (Å²) in [7, 11) is 0. The second kappa shape index (κ2) is 4.28. The van der Waals surface area contributed by atoms with Crippen molar-refractivity contribution in [2.75, 3.05) is 13.2 Å². The molecule has 0 saturated carbocycles. The van der Waals surface area contributed by atoms with Crippen molar-refractivity contribution >= 4 is 0 Å². The lowest BCUT2D eigenvalue weighted by atomic mass is 9.87. The fraction of sp³-hybridized carbons (Fsp3) is 0.800. The molecule has 0 spiro atoms. The first-order valence-corrected chi connectivity index (χ1v) is 5.47. The fourth-order valence-corrected chi connectivity index (χ4v) is 1.96. The highest BCUT2D eigenvalue weighted by molar-refractivity contribution is 4.98. The minimum absolute atomic E-state index is 0.155. The minimum atomic E-state index is -0.155. The lowest BCUT2D eigenvalue weighted by Crippen LogP contribution is -2.47. The van der Waals surface area contributed by atoms with Gasteiger partial charge in [0.15, 0.2) is 0 Å². The van der Waals surface area contributed by atoms with Crippen LogP contribution in [0, 0.1) is 0 Å². The average molecular weight is 210 g/mol. The Bertz CT molecular complexity index is 317. The molecule has 84 valence electrons. The van der Waals surface area contributed by atoms with E-state index in [1.165, 1.54) is 0 Å². The van der Waals surface area contributed by atoms with Gasteiger partial charge in [-0.1, -0.05) is 0 Å². The van der Waals surface area contributed by atoms with Crippen molar-refractivity contribution in [1.82, 2.24) is 14.8 Å². The van der Waals surface area contributed by atoms with Gasteiger partial charge >= 0.3 is 0 Å². The Labute approximate surface area is 89.6 Å².